The van der Waals surface area contributed by atoms with Gasteiger partial charge in [-0.15, -0.1) is 0 Å². The van der Waals surface area contributed by atoms with E-state index in [9.17, 15) is 4.79 Å². The minimum atomic E-state index is -0.695. The predicted octanol–water partition coefficient (Wildman–Crippen LogP) is 1.53. The number of halogens is 1. The Labute approximate surface area is 87.8 Å². The summed E-state index contributed by atoms with van der Waals surface area (Å²) in [6.45, 7) is 5.18. The second-order valence-corrected chi connectivity index (χ2v) is 3.90. The topological polar surface area (TPSA) is 88.2 Å². The molecule has 6 heteroatoms. The highest BCUT2D eigenvalue weighted by Crippen LogP contribution is 2.07. The third-order valence-corrected chi connectivity index (χ3v) is 1.24. The summed E-state index contributed by atoms with van der Waals surface area (Å²) in [5.74, 6) is 0. The van der Waals surface area contributed by atoms with Gasteiger partial charge in [-0.25, -0.2) is 4.79 Å². The van der Waals surface area contributed by atoms with Gasteiger partial charge < -0.3 is 10.5 Å². The highest BCUT2D eigenvalue weighted by molar-refractivity contribution is 6.68. The van der Waals surface area contributed by atoms with E-state index in [4.69, 9.17) is 27.5 Å². The van der Waals surface area contributed by atoms with Crippen LogP contribution in [-0.2, 0) is 4.74 Å². The summed E-state index contributed by atoms with van der Waals surface area (Å²) in [5, 5.41) is 8.92. The first-order valence-electron chi connectivity index (χ1n) is 3.92. The first-order chi connectivity index (χ1) is 6.26. The molecule has 0 aliphatic carbocycles. The van der Waals surface area contributed by atoms with E-state index in [2.05, 4.69) is 5.32 Å². The van der Waals surface area contributed by atoms with Crippen LogP contribution in [0, 0.1) is 5.41 Å². The number of rotatable bonds is 2. The van der Waals surface area contributed by atoms with Gasteiger partial charge in [0.15, 0.2) is 0 Å². The van der Waals surface area contributed by atoms with Gasteiger partial charge in [0.1, 0.15) is 10.8 Å². The molecule has 0 rings (SSSR count). The van der Waals surface area contributed by atoms with Crippen molar-refractivity contribution in [3.05, 3.63) is 11.9 Å². The minimum absolute atomic E-state index is 0.0147. The quantitative estimate of drug-likeness (QED) is 0.616. The van der Waals surface area contributed by atoms with E-state index in [1.165, 1.54) is 0 Å². The fourth-order valence-corrected chi connectivity index (χ4v) is 0.694. The Morgan fingerprint density at radius 1 is 1.57 bits per heavy atom. The zero-order valence-electron chi connectivity index (χ0n) is 8.35. The number of allylic oxidation sites excluding steroid dienone is 1. The molecule has 0 aromatic rings. The number of hydrogen-bond acceptors (Lipinski definition) is 4. The van der Waals surface area contributed by atoms with Crippen LogP contribution in [0.5, 0.6) is 0 Å². The SMILES string of the molecule is CC(C)(C)OC(=O)N/C(=C/N)C(=N)Cl. The second-order valence-electron chi connectivity index (χ2n) is 3.52. The number of carbonyl (C=O) groups excluding carboxylic acids is 1. The van der Waals surface area contributed by atoms with Crippen LogP contribution < -0.4 is 11.1 Å². The first kappa shape index (κ1) is 12.8. The van der Waals surface area contributed by atoms with E-state index in [0.717, 1.165) is 6.20 Å². The maximum absolute atomic E-state index is 11.1. The van der Waals surface area contributed by atoms with Crippen molar-refractivity contribution in [1.82, 2.24) is 5.32 Å². The van der Waals surface area contributed by atoms with Crippen molar-refractivity contribution in [2.24, 2.45) is 5.73 Å². The molecule has 14 heavy (non-hydrogen) atoms. The molecule has 0 aromatic carbocycles. The molecule has 0 fully saturated rings. The van der Waals surface area contributed by atoms with Crippen molar-refractivity contribution in [3.8, 4) is 0 Å². The van der Waals surface area contributed by atoms with Crippen LogP contribution in [0.25, 0.3) is 0 Å². The smallest absolute Gasteiger partial charge is 0.412 e. The monoisotopic (exact) mass is 219 g/mol. The summed E-state index contributed by atoms with van der Waals surface area (Å²) in [4.78, 5) is 11.1. The molecule has 0 aliphatic rings. The zero-order chi connectivity index (χ0) is 11.4. The van der Waals surface area contributed by atoms with Crippen molar-refractivity contribution in [1.29, 1.82) is 5.41 Å². The molecule has 0 bridgehead atoms. The van der Waals surface area contributed by atoms with Crippen molar-refractivity contribution in [3.63, 3.8) is 0 Å². The summed E-state index contributed by atoms with van der Waals surface area (Å²) >= 11 is 5.32. The van der Waals surface area contributed by atoms with Gasteiger partial charge in [0, 0.05) is 6.20 Å². The molecule has 0 aromatic heterocycles. The molecule has 0 aliphatic heterocycles. The predicted molar refractivity (Wildman–Crippen MR) is 55.2 cm³/mol. The number of ether oxygens (including phenoxy) is 1. The van der Waals surface area contributed by atoms with Crippen LogP contribution in [0.3, 0.4) is 0 Å². The van der Waals surface area contributed by atoms with Gasteiger partial charge in [0.05, 0.1) is 5.70 Å². The van der Waals surface area contributed by atoms with E-state index in [1.54, 1.807) is 20.8 Å². The van der Waals surface area contributed by atoms with E-state index in [-0.39, 0.29) is 10.9 Å². The van der Waals surface area contributed by atoms with Crippen molar-refractivity contribution in [2.75, 3.05) is 0 Å². The third-order valence-electron chi connectivity index (χ3n) is 1.04. The van der Waals surface area contributed by atoms with Crippen molar-refractivity contribution >= 4 is 22.9 Å². The van der Waals surface area contributed by atoms with Crippen molar-refractivity contribution < 1.29 is 9.53 Å². The largest absolute Gasteiger partial charge is 0.444 e. The Morgan fingerprint density at radius 3 is 2.36 bits per heavy atom. The van der Waals surface area contributed by atoms with Gasteiger partial charge in [-0.05, 0) is 20.8 Å². The van der Waals surface area contributed by atoms with E-state index in [0.29, 0.717) is 0 Å². The molecule has 0 spiro atoms. The van der Waals surface area contributed by atoms with Crippen LogP contribution >= 0.6 is 11.6 Å². The molecule has 1 amide bonds. The van der Waals surface area contributed by atoms with Gasteiger partial charge in [0.2, 0.25) is 0 Å². The van der Waals surface area contributed by atoms with Gasteiger partial charge in [0.25, 0.3) is 0 Å². The lowest BCUT2D eigenvalue weighted by Crippen LogP contribution is -2.33. The fraction of sp³-hybridized carbons (Fsp3) is 0.500. The molecule has 80 valence electrons. The minimum Gasteiger partial charge on any atom is -0.444 e. The van der Waals surface area contributed by atoms with E-state index in [1.807, 2.05) is 0 Å². The van der Waals surface area contributed by atoms with Crippen LogP contribution in [0.2, 0.25) is 0 Å². The lowest BCUT2D eigenvalue weighted by molar-refractivity contribution is 0.0549. The lowest BCUT2D eigenvalue weighted by Gasteiger charge is -2.19. The van der Waals surface area contributed by atoms with Crippen LogP contribution in [0.15, 0.2) is 11.9 Å². The standard InChI is InChI=1S/C8H14ClN3O2/c1-8(2,3)14-7(13)12-5(4-10)6(9)11/h4,11H,10H2,1-3H3,(H,12,13)/b5-4+,11-6?. The summed E-state index contributed by atoms with van der Waals surface area (Å²) in [6, 6.07) is 0. The number of alkyl carbamates (subject to hydrolysis) is 1. The molecule has 5 nitrogen and oxygen atoms in total. The maximum atomic E-state index is 11.1. The van der Waals surface area contributed by atoms with Crippen LogP contribution in [0.4, 0.5) is 4.79 Å². The average molecular weight is 220 g/mol. The molecule has 0 unspecified atom stereocenters. The van der Waals surface area contributed by atoms with Gasteiger partial charge in [-0.3, -0.25) is 10.7 Å². The van der Waals surface area contributed by atoms with Gasteiger partial charge in [-0.2, -0.15) is 0 Å². The lowest BCUT2D eigenvalue weighted by atomic mass is 10.2. The first-order valence-corrected chi connectivity index (χ1v) is 4.30. The molecular formula is C8H14ClN3O2. The molecule has 4 N–H and O–H groups in total. The number of hydrogen-bond donors (Lipinski definition) is 3. The Balaban J connectivity index is 4.26. The Hall–Kier alpha value is -1.23. The van der Waals surface area contributed by atoms with Gasteiger partial charge in [-0.1, -0.05) is 11.6 Å². The third kappa shape index (κ3) is 5.42. The molecule has 0 heterocycles. The van der Waals surface area contributed by atoms with E-state index >= 15 is 0 Å². The van der Waals surface area contributed by atoms with Crippen molar-refractivity contribution in [2.45, 2.75) is 26.4 Å². The van der Waals surface area contributed by atoms with E-state index < -0.39 is 11.7 Å². The molecule has 0 saturated carbocycles. The highest BCUT2D eigenvalue weighted by Gasteiger charge is 2.17. The zero-order valence-corrected chi connectivity index (χ0v) is 9.11. The summed E-state index contributed by atoms with van der Waals surface area (Å²) in [6.07, 6.45) is 0.332. The highest BCUT2D eigenvalue weighted by atomic mass is 35.5. The Bertz CT molecular complexity index is 268. The van der Waals surface area contributed by atoms with Gasteiger partial charge >= 0.3 is 6.09 Å². The molecule has 0 atom stereocenters. The molecular weight excluding hydrogens is 206 g/mol. The van der Waals surface area contributed by atoms with Crippen LogP contribution in [0.1, 0.15) is 20.8 Å². The fourth-order valence-electron chi connectivity index (χ4n) is 0.583. The average Bonchev–Trinajstić information content (AvgIpc) is 1.96. The number of nitrogens with two attached hydrogens (primary N) is 1. The number of nitrogens with one attached hydrogen (secondary N) is 2. The Morgan fingerprint density at radius 2 is 2.07 bits per heavy atom. The normalized spacial score (nSPS) is 12.1. The summed E-state index contributed by atoms with van der Waals surface area (Å²) < 4.78 is 4.92. The molecule has 0 radical (unpaired) electrons. The Kier molecular flexibility index (Phi) is 4.43. The van der Waals surface area contributed by atoms with Crippen LogP contribution in [-0.4, -0.2) is 16.9 Å². The summed E-state index contributed by atoms with van der Waals surface area (Å²) in [5.41, 5.74) is 4.54. The molecule has 0 saturated heterocycles. The maximum Gasteiger partial charge on any atom is 0.412 e. The number of carbonyl (C=O) groups is 1. The second kappa shape index (κ2) is 4.85. The number of amides is 1. The summed E-state index contributed by atoms with van der Waals surface area (Å²) in [7, 11) is 0.